The van der Waals surface area contributed by atoms with Crippen molar-refractivity contribution in [3.05, 3.63) is 52.8 Å². The first-order valence-corrected chi connectivity index (χ1v) is 9.20. The van der Waals surface area contributed by atoms with Gasteiger partial charge in [0.05, 0.1) is 36.1 Å². The molecular weight excluding hydrogens is 441 g/mol. The van der Waals surface area contributed by atoms with Crippen LogP contribution in [0.15, 0.2) is 41.9 Å². The minimum Gasteiger partial charge on any atom is -0.492 e. The molecule has 1 saturated heterocycles. The van der Waals surface area contributed by atoms with Crippen LogP contribution in [0.5, 0.6) is 5.75 Å². The average molecular weight is 462 g/mol. The number of pyridine rings is 2. The fraction of sp³-hybridized carbons (Fsp3) is 0.316. The van der Waals surface area contributed by atoms with Crippen molar-refractivity contribution in [1.82, 2.24) is 14.6 Å². The molecule has 0 unspecified atom stereocenters. The maximum absolute atomic E-state index is 9.45. The number of hydrogen-bond acceptors (Lipinski definition) is 7. The van der Waals surface area contributed by atoms with Gasteiger partial charge < -0.3 is 15.4 Å². The summed E-state index contributed by atoms with van der Waals surface area (Å²) in [4.78, 5) is 9.44. The fourth-order valence-electron chi connectivity index (χ4n) is 3.56. The second-order valence-corrected chi connectivity index (χ2v) is 6.73. The fourth-order valence-corrected chi connectivity index (χ4v) is 3.56. The number of nitriles is 1. The van der Waals surface area contributed by atoms with E-state index in [1.807, 2.05) is 30.0 Å². The van der Waals surface area contributed by atoms with E-state index in [4.69, 9.17) is 16.0 Å². The van der Waals surface area contributed by atoms with E-state index in [0.717, 1.165) is 16.9 Å². The molecule has 4 rings (SSSR count). The molecule has 0 bridgehead atoms. The molecule has 0 saturated carbocycles. The molecule has 3 aromatic heterocycles. The van der Waals surface area contributed by atoms with E-state index >= 15 is 0 Å². The van der Waals surface area contributed by atoms with Gasteiger partial charge in [0.15, 0.2) is 0 Å². The number of nitrogens with two attached hydrogens (primary N) is 1. The first-order chi connectivity index (χ1) is 14.1. The lowest BCUT2D eigenvalue weighted by Gasteiger charge is -2.17. The third-order valence-electron chi connectivity index (χ3n) is 4.93. The zero-order valence-electron chi connectivity index (χ0n) is 16.6. The number of azide groups is 1. The Bertz CT molecular complexity index is 1140. The van der Waals surface area contributed by atoms with Gasteiger partial charge in [-0.15, -0.1) is 24.8 Å². The summed E-state index contributed by atoms with van der Waals surface area (Å²) >= 11 is 0. The summed E-state index contributed by atoms with van der Waals surface area (Å²) in [6.45, 7) is 3.54. The summed E-state index contributed by atoms with van der Waals surface area (Å²) in [7, 11) is 0. The number of halogens is 2. The van der Waals surface area contributed by atoms with E-state index in [9.17, 15) is 5.26 Å². The van der Waals surface area contributed by atoms with E-state index < -0.39 is 0 Å². The number of hydrogen-bond donors (Lipinski definition) is 1. The van der Waals surface area contributed by atoms with Crippen LogP contribution in [0.25, 0.3) is 27.1 Å². The zero-order valence-corrected chi connectivity index (χ0v) is 18.3. The Balaban J connectivity index is 0.00000171. The molecule has 2 atom stereocenters. The molecule has 10 nitrogen and oxygen atoms in total. The molecule has 1 aliphatic rings. The third kappa shape index (κ3) is 4.60. The maximum Gasteiger partial charge on any atom is 0.138 e. The highest BCUT2D eigenvalue weighted by Gasteiger charge is 2.30. The van der Waals surface area contributed by atoms with Gasteiger partial charge in [0.2, 0.25) is 0 Å². The average Bonchev–Trinajstić information content (AvgIpc) is 3.31. The molecule has 1 fully saturated rings. The van der Waals surface area contributed by atoms with Crippen LogP contribution < -0.4 is 15.4 Å². The quantitative estimate of drug-likeness (QED) is 0.350. The van der Waals surface area contributed by atoms with Crippen LogP contribution in [0.3, 0.4) is 0 Å². The normalized spacial score (nSPS) is 17.3. The monoisotopic (exact) mass is 461 g/mol. The number of aromatic nitrogens is 3. The molecule has 0 aliphatic carbocycles. The van der Waals surface area contributed by atoms with Crippen LogP contribution >= 0.6 is 24.8 Å². The van der Waals surface area contributed by atoms with Gasteiger partial charge in [-0.05, 0) is 30.7 Å². The highest BCUT2D eigenvalue weighted by molar-refractivity contribution is 5.86. The van der Waals surface area contributed by atoms with E-state index in [-0.39, 0.29) is 36.9 Å². The molecule has 31 heavy (non-hydrogen) atoms. The highest BCUT2D eigenvalue weighted by atomic mass is 35.5. The van der Waals surface area contributed by atoms with Gasteiger partial charge in [-0.1, -0.05) is 5.11 Å². The third-order valence-corrected chi connectivity index (χ3v) is 4.93. The summed E-state index contributed by atoms with van der Waals surface area (Å²) in [6, 6.07) is 7.42. The van der Waals surface area contributed by atoms with E-state index in [1.165, 1.54) is 6.20 Å². The van der Waals surface area contributed by atoms with Crippen LogP contribution in [0.1, 0.15) is 12.5 Å². The first-order valence-electron chi connectivity index (χ1n) is 9.20. The first kappa shape index (κ1) is 24.1. The Hall–Kier alpha value is -3.22. The van der Waals surface area contributed by atoms with Gasteiger partial charge >= 0.3 is 0 Å². The number of nitrogens with zero attached hydrogens (tertiary/aromatic N) is 8. The van der Waals surface area contributed by atoms with E-state index in [0.29, 0.717) is 36.5 Å². The number of anilines is 1. The molecule has 0 spiro atoms. The number of rotatable bonds is 5. The van der Waals surface area contributed by atoms with Gasteiger partial charge in [-0.25, -0.2) is 9.50 Å². The Morgan fingerprint density at radius 1 is 1.35 bits per heavy atom. The van der Waals surface area contributed by atoms with Gasteiger partial charge in [0.1, 0.15) is 17.6 Å². The molecule has 0 amide bonds. The largest absolute Gasteiger partial charge is 0.492 e. The Morgan fingerprint density at radius 3 is 2.81 bits per heavy atom. The van der Waals surface area contributed by atoms with E-state index in [2.05, 4.69) is 26.2 Å². The van der Waals surface area contributed by atoms with Crippen molar-refractivity contribution in [2.75, 3.05) is 24.6 Å². The smallest absolute Gasteiger partial charge is 0.138 e. The summed E-state index contributed by atoms with van der Waals surface area (Å²) in [5.41, 5.74) is 17.6. The van der Waals surface area contributed by atoms with Crippen molar-refractivity contribution in [3.63, 3.8) is 0 Å². The van der Waals surface area contributed by atoms with Crippen molar-refractivity contribution < 1.29 is 4.74 Å². The molecule has 0 aromatic carbocycles. The van der Waals surface area contributed by atoms with Gasteiger partial charge in [0.25, 0.3) is 0 Å². The van der Waals surface area contributed by atoms with Crippen LogP contribution in [0.2, 0.25) is 0 Å². The van der Waals surface area contributed by atoms with Crippen molar-refractivity contribution >= 4 is 36.1 Å². The lowest BCUT2D eigenvalue weighted by molar-refractivity contribution is 0.338. The molecule has 4 heterocycles. The standard InChI is InChI=1S/C19H19N9O.2ClH/c1-2-29-14-5-15(19-13(6-20)8-24-28(19)9-14)12-3-4-18(23-7-12)27-10-16(21)17(11-27)25-26-22;;/h3-5,7-9,16-17H,2,10-11,21H2,1H3;2*1H/t16-,17-;;/m0../s1. The summed E-state index contributed by atoms with van der Waals surface area (Å²) in [6.07, 6.45) is 5.05. The predicted molar refractivity (Wildman–Crippen MR) is 122 cm³/mol. The van der Waals surface area contributed by atoms with Gasteiger partial charge in [-0.3, -0.25) is 0 Å². The molecule has 1 aliphatic heterocycles. The van der Waals surface area contributed by atoms with Gasteiger partial charge in [-0.2, -0.15) is 10.4 Å². The molecule has 0 radical (unpaired) electrons. The molecule has 162 valence electrons. The summed E-state index contributed by atoms with van der Waals surface area (Å²) in [5, 5.41) is 17.5. The van der Waals surface area contributed by atoms with Crippen molar-refractivity contribution in [1.29, 1.82) is 5.26 Å². The SMILES string of the molecule is CCOc1cc(-c2ccc(N3C[C@H](N=[N+]=[N-])[C@@H](N)C3)nc2)c2c(C#N)cnn2c1.Cl.Cl. The van der Waals surface area contributed by atoms with Crippen molar-refractivity contribution in [2.45, 2.75) is 19.0 Å². The number of fused-ring (bicyclic) bond motifs is 1. The molecule has 2 N–H and O–H groups in total. The van der Waals surface area contributed by atoms with Gasteiger partial charge in [0, 0.05) is 41.4 Å². The topological polar surface area (TPSA) is 141 Å². The number of ether oxygens (including phenoxy) is 1. The van der Waals surface area contributed by atoms with Crippen molar-refractivity contribution in [2.24, 2.45) is 10.8 Å². The zero-order chi connectivity index (χ0) is 20.4. The molecule has 12 heteroatoms. The second-order valence-electron chi connectivity index (χ2n) is 6.73. The Morgan fingerprint density at radius 2 is 2.16 bits per heavy atom. The summed E-state index contributed by atoms with van der Waals surface area (Å²) in [5.74, 6) is 1.42. The molecule has 3 aromatic rings. The van der Waals surface area contributed by atoms with Crippen LogP contribution in [-0.4, -0.2) is 46.4 Å². The molecular formula is C19H21Cl2N9O. The second kappa shape index (κ2) is 10.2. The van der Waals surface area contributed by atoms with E-state index in [1.54, 1.807) is 16.9 Å². The predicted octanol–water partition coefficient (Wildman–Crippen LogP) is 3.34. The minimum atomic E-state index is -0.269. The lowest BCUT2D eigenvalue weighted by atomic mass is 10.1. The summed E-state index contributed by atoms with van der Waals surface area (Å²) < 4.78 is 7.29. The minimum absolute atomic E-state index is 0. The van der Waals surface area contributed by atoms with Crippen LogP contribution in [0, 0.1) is 11.3 Å². The Kier molecular flexibility index (Phi) is 7.91. The Labute approximate surface area is 191 Å². The lowest BCUT2D eigenvalue weighted by Crippen LogP contribution is -2.31. The van der Waals surface area contributed by atoms with Crippen LogP contribution in [0.4, 0.5) is 5.82 Å². The maximum atomic E-state index is 9.45. The highest BCUT2D eigenvalue weighted by Crippen LogP contribution is 2.31. The van der Waals surface area contributed by atoms with Crippen LogP contribution in [-0.2, 0) is 0 Å². The van der Waals surface area contributed by atoms with Crippen molar-refractivity contribution in [3.8, 4) is 22.9 Å².